The van der Waals surface area contributed by atoms with Crippen molar-refractivity contribution in [2.24, 2.45) is 0 Å². The molecule has 1 aliphatic heterocycles. The third-order valence-electron chi connectivity index (χ3n) is 4.22. The number of halogens is 1. The molecule has 21 heavy (non-hydrogen) atoms. The van der Waals surface area contributed by atoms with Crippen LogP contribution in [0.4, 0.5) is 4.39 Å². The van der Waals surface area contributed by atoms with E-state index in [1.165, 1.54) is 17.4 Å². The predicted molar refractivity (Wildman–Crippen MR) is 83.2 cm³/mol. The molecular formula is C15H17BFNO2S. The predicted octanol–water partition coefficient (Wildman–Crippen LogP) is 3.25. The molecule has 0 unspecified atom stereocenters. The first-order valence-electron chi connectivity index (χ1n) is 6.84. The molecule has 1 aliphatic rings. The summed E-state index contributed by atoms with van der Waals surface area (Å²) >= 11 is 1.48. The van der Waals surface area contributed by atoms with Gasteiger partial charge in [0.05, 0.1) is 21.6 Å². The monoisotopic (exact) mass is 305 g/mol. The molecule has 3 rings (SSSR count). The molecule has 6 heteroatoms. The number of nitrogens with zero attached hydrogens (tertiary/aromatic N) is 1. The molecule has 2 heterocycles. The van der Waals surface area contributed by atoms with Gasteiger partial charge in [0.1, 0.15) is 5.82 Å². The van der Waals surface area contributed by atoms with E-state index in [1.807, 2.05) is 33.8 Å². The number of thiazole rings is 1. The Morgan fingerprint density at radius 1 is 1.14 bits per heavy atom. The van der Waals surface area contributed by atoms with E-state index < -0.39 is 18.3 Å². The SMILES string of the molecule is CC1(C)OB(c2ccc(-c3cncs3)cc2F)OC1(C)C. The molecule has 1 saturated heterocycles. The fourth-order valence-corrected chi connectivity index (χ4v) is 2.82. The highest BCUT2D eigenvalue weighted by molar-refractivity contribution is 7.13. The molecule has 1 aromatic heterocycles. The van der Waals surface area contributed by atoms with Gasteiger partial charge in [0.2, 0.25) is 0 Å². The summed E-state index contributed by atoms with van der Waals surface area (Å²) in [6.45, 7) is 7.82. The highest BCUT2D eigenvalue weighted by Gasteiger charge is 2.52. The number of rotatable bonds is 2. The summed E-state index contributed by atoms with van der Waals surface area (Å²) in [5.41, 5.74) is 2.04. The first-order chi connectivity index (χ1) is 9.80. The lowest BCUT2D eigenvalue weighted by Crippen LogP contribution is -2.41. The Bertz CT molecular complexity index is 642. The van der Waals surface area contributed by atoms with Crippen LogP contribution >= 0.6 is 11.3 Å². The second-order valence-electron chi connectivity index (χ2n) is 6.19. The maximum absolute atomic E-state index is 14.4. The minimum absolute atomic E-state index is 0.320. The van der Waals surface area contributed by atoms with Crippen LogP contribution in [0.15, 0.2) is 29.9 Å². The van der Waals surface area contributed by atoms with E-state index in [4.69, 9.17) is 9.31 Å². The molecule has 0 amide bonds. The second kappa shape index (κ2) is 4.90. The van der Waals surface area contributed by atoms with Crippen molar-refractivity contribution in [3.8, 4) is 10.4 Å². The first kappa shape index (κ1) is 14.7. The Kier molecular flexibility index (Phi) is 3.43. The van der Waals surface area contributed by atoms with Gasteiger partial charge in [0.25, 0.3) is 0 Å². The van der Waals surface area contributed by atoms with E-state index in [-0.39, 0.29) is 5.82 Å². The summed E-state index contributed by atoms with van der Waals surface area (Å²) in [7, 11) is -0.675. The van der Waals surface area contributed by atoms with Crippen molar-refractivity contribution in [2.45, 2.75) is 38.9 Å². The van der Waals surface area contributed by atoms with Gasteiger partial charge in [-0.1, -0.05) is 12.1 Å². The van der Waals surface area contributed by atoms with Crippen LogP contribution in [-0.4, -0.2) is 23.3 Å². The minimum Gasteiger partial charge on any atom is -0.399 e. The summed E-state index contributed by atoms with van der Waals surface area (Å²) in [6, 6.07) is 5.11. The zero-order valence-corrected chi connectivity index (χ0v) is 13.3. The number of benzene rings is 1. The van der Waals surface area contributed by atoms with Crippen molar-refractivity contribution in [1.82, 2.24) is 4.98 Å². The molecule has 0 aliphatic carbocycles. The quantitative estimate of drug-likeness (QED) is 0.798. The lowest BCUT2D eigenvalue weighted by Gasteiger charge is -2.32. The van der Waals surface area contributed by atoms with Crippen molar-refractivity contribution in [3.63, 3.8) is 0 Å². The van der Waals surface area contributed by atoms with Gasteiger partial charge in [-0.3, -0.25) is 4.98 Å². The average Bonchev–Trinajstić information content (AvgIpc) is 2.96. The van der Waals surface area contributed by atoms with Crippen LogP contribution in [0.2, 0.25) is 0 Å². The van der Waals surface area contributed by atoms with E-state index in [1.54, 1.807) is 17.8 Å². The van der Waals surface area contributed by atoms with Gasteiger partial charge in [-0.15, -0.1) is 11.3 Å². The first-order valence-corrected chi connectivity index (χ1v) is 7.72. The van der Waals surface area contributed by atoms with Crippen molar-refractivity contribution >= 4 is 23.9 Å². The fourth-order valence-electron chi connectivity index (χ4n) is 2.20. The van der Waals surface area contributed by atoms with E-state index >= 15 is 0 Å². The molecule has 2 aromatic rings. The normalized spacial score (nSPS) is 20.0. The molecule has 1 fully saturated rings. The van der Waals surface area contributed by atoms with Gasteiger partial charge in [0.15, 0.2) is 0 Å². The van der Waals surface area contributed by atoms with E-state index in [0.717, 1.165) is 10.4 Å². The van der Waals surface area contributed by atoms with Gasteiger partial charge >= 0.3 is 7.12 Å². The maximum Gasteiger partial charge on any atom is 0.497 e. The molecule has 0 atom stereocenters. The lowest BCUT2D eigenvalue weighted by atomic mass is 9.78. The van der Waals surface area contributed by atoms with Crippen LogP contribution in [0.1, 0.15) is 27.7 Å². The third kappa shape index (κ3) is 2.52. The molecule has 0 bridgehead atoms. The van der Waals surface area contributed by atoms with Crippen LogP contribution in [0.25, 0.3) is 10.4 Å². The summed E-state index contributed by atoms with van der Waals surface area (Å²) in [5.74, 6) is -0.320. The summed E-state index contributed by atoms with van der Waals surface area (Å²) in [6.07, 6.45) is 1.73. The Labute approximate surface area is 128 Å². The standard InChI is InChI=1S/C15H17BFNO2S/c1-14(2)15(3,4)20-16(19-14)11-6-5-10(7-12(11)17)13-8-18-9-21-13/h5-9H,1-4H3. The lowest BCUT2D eigenvalue weighted by molar-refractivity contribution is 0.00578. The molecule has 3 nitrogen and oxygen atoms in total. The average molecular weight is 305 g/mol. The van der Waals surface area contributed by atoms with Gasteiger partial charge < -0.3 is 9.31 Å². The van der Waals surface area contributed by atoms with E-state index in [0.29, 0.717) is 5.46 Å². The molecule has 0 saturated carbocycles. The van der Waals surface area contributed by atoms with Crippen LogP contribution in [0.3, 0.4) is 0 Å². The topological polar surface area (TPSA) is 31.4 Å². The summed E-state index contributed by atoms with van der Waals surface area (Å²) < 4.78 is 26.2. The van der Waals surface area contributed by atoms with E-state index in [9.17, 15) is 4.39 Å². The Hall–Kier alpha value is -1.24. The molecule has 110 valence electrons. The Morgan fingerprint density at radius 2 is 1.81 bits per heavy atom. The van der Waals surface area contributed by atoms with Crippen LogP contribution in [-0.2, 0) is 9.31 Å². The minimum atomic E-state index is -0.675. The summed E-state index contributed by atoms with van der Waals surface area (Å²) in [5, 5.41) is 0. The Balaban J connectivity index is 1.91. The van der Waals surface area contributed by atoms with Crippen molar-refractivity contribution < 1.29 is 13.7 Å². The highest BCUT2D eigenvalue weighted by Crippen LogP contribution is 2.36. The van der Waals surface area contributed by atoms with Gasteiger partial charge in [-0.25, -0.2) is 4.39 Å². The smallest absolute Gasteiger partial charge is 0.399 e. The van der Waals surface area contributed by atoms with E-state index in [2.05, 4.69) is 4.98 Å². The van der Waals surface area contributed by atoms with Crippen LogP contribution in [0, 0.1) is 5.82 Å². The van der Waals surface area contributed by atoms with Gasteiger partial charge in [0, 0.05) is 11.7 Å². The zero-order chi connectivity index (χ0) is 15.3. The summed E-state index contributed by atoms with van der Waals surface area (Å²) in [4.78, 5) is 4.95. The maximum atomic E-state index is 14.4. The molecule has 0 radical (unpaired) electrons. The Morgan fingerprint density at radius 3 is 2.33 bits per heavy atom. The van der Waals surface area contributed by atoms with Gasteiger partial charge in [-0.2, -0.15) is 0 Å². The largest absolute Gasteiger partial charge is 0.497 e. The van der Waals surface area contributed by atoms with Gasteiger partial charge in [-0.05, 0) is 39.3 Å². The molecule has 0 N–H and O–H groups in total. The second-order valence-corrected chi connectivity index (χ2v) is 7.08. The van der Waals surface area contributed by atoms with Crippen molar-refractivity contribution in [3.05, 3.63) is 35.7 Å². The number of hydrogen-bond acceptors (Lipinski definition) is 4. The number of hydrogen-bond donors (Lipinski definition) is 0. The van der Waals surface area contributed by atoms with Crippen molar-refractivity contribution in [1.29, 1.82) is 0 Å². The number of aromatic nitrogens is 1. The molecule has 1 aromatic carbocycles. The highest BCUT2D eigenvalue weighted by atomic mass is 32.1. The van der Waals surface area contributed by atoms with Crippen LogP contribution < -0.4 is 5.46 Å². The zero-order valence-electron chi connectivity index (χ0n) is 12.5. The van der Waals surface area contributed by atoms with Crippen LogP contribution in [0.5, 0.6) is 0 Å². The third-order valence-corrected chi connectivity index (χ3v) is 5.05. The molecule has 0 spiro atoms. The fraction of sp³-hybridized carbons (Fsp3) is 0.400. The van der Waals surface area contributed by atoms with Crippen molar-refractivity contribution in [2.75, 3.05) is 0 Å². The molecular weight excluding hydrogens is 288 g/mol.